The van der Waals surface area contributed by atoms with Crippen LogP contribution in [0.25, 0.3) is 0 Å². The highest BCUT2D eigenvalue weighted by Gasteiger charge is 2.22. The van der Waals surface area contributed by atoms with Gasteiger partial charge in [-0.15, -0.1) is 0 Å². The predicted octanol–water partition coefficient (Wildman–Crippen LogP) is 3.60. The molecule has 0 spiro atoms. The van der Waals surface area contributed by atoms with E-state index >= 15 is 0 Å². The lowest BCUT2D eigenvalue weighted by atomic mass is 10.00. The van der Waals surface area contributed by atoms with Crippen molar-refractivity contribution in [2.24, 2.45) is 5.10 Å². The molecule has 1 N–H and O–H groups in total. The van der Waals surface area contributed by atoms with Gasteiger partial charge in [-0.25, -0.2) is 0 Å². The molecule has 0 amide bonds. The molecule has 1 aliphatic rings. The summed E-state index contributed by atoms with van der Waals surface area (Å²) in [5, 5.41) is 16.6. The molecule has 0 unspecified atom stereocenters. The maximum absolute atomic E-state index is 9.84. The summed E-state index contributed by atoms with van der Waals surface area (Å²) in [4.78, 5) is 0. The van der Waals surface area contributed by atoms with Crippen molar-refractivity contribution in [3.8, 4) is 11.5 Å². The zero-order valence-corrected chi connectivity index (χ0v) is 14.3. The Kier molecular flexibility index (Phi) is 5.12. The zero-order chi connectivity index (χ0) is 14.7. The number of hydrazone groups is 1. The minimum Gasteiger partial charge on any atom is -0.504 e. The molecule has 1 saturated heterocycles. The lowest BCUT2D eigenvalue weighted by Gasteiger charge is -2.36. The lowest BCUT2D eigenvalue weighted by Crippen LogP contribution is -2.39. The molecule has 1 fully saturated rings. The van der Waals surface area contributed by atoms with E-state index in [1.165, 1.54) is 19.3 Å². The fourth-order valence-corrected chi connectivity index (χ4v) is 3.22. The van der Waals surface area contributed by atoms with Gasteiger partial charge in [0, 0.05) is 12.1 Å². The molecular formula is C15H21IN2O2. The van der Waals surface area contributed by atoms with E-state index in [-0.39, 0.29) is 5.75 Å². The maximum atomic E-state index is 9.84. The Labute approximate surface area is 134 Å². The van der Waals surface area contributed by atoms with Crippen molar-refractivity contribution in [1.29, 1.82) is 0 Å². The van der Waals surface area contributed by atoms with Gasteiger partial charge >= 0.3 is 0 Å². The van der Waals surface area contributed by atoms with E-state index in [1.54, 1.807) is 13.2 Å². The number of rotatable bonds is 3. The first-order valence-corrected chi connectivity index (χ1v) is 7.99. The lowest BCUT2D eigenvalue weighted by molar-refractivity contribution is 0.109. The van der Waals surface area contributed by atoms with Gasteiger partial charge in [0.1, 0.15) is 0 Å². The van der Waals surface area contributed by atoms with Gasteiger partial charge in [0.05, 0.1) is 16.9 Å². The summed E-state index contributed by atoms with van der Waals surface area (Å²) in [5.41, 5.74) is 0.939. The van der Waals surface area contributed by atoms with E-state index in [1.807, 2.05) is 12.3 Å². The van der Waals surface area contributed by atoms with Crippen LogP contribution in [0.5, 0.6) is 11.5 Å². The van der Waals surface area contributed by atoms with Crippen molar-refractivity contribution < 1.29 is 9.84 Å². The molecular weight excluding hydrogens is 367 g/mol. The van der Waals surface area contributed by atoms with Crippen LogP contribution in [0.1, 0.15) is 38.7 Å². The molecule has 2 atom stereocenters. The van der Waals surface area contributed by atoms with E-state index in [9.17, 15) is 5.11 Å². The number of nitrogens with zero attached hydrogens (tertiary/aromatic N) is 2. The molecule has 0 aromatic heterocycles. The molecule has 5 heteroatoms. The largest absolute Gasteiger partial charge is 0.504 e. The quantitative estimate of drug-likeness (QED) is 0.636. The Morgan fingerprint density at radius 1 is 1.35 bits per heavy atom. The predicted molar refractivity (Wildman–Crippen MR) is 89.6 cm³/mol. The van der Waals surface area contributed by atoms with Gasteiger partial charge in [0.25, 0.3) is 0 Å². The number of phenolic OH excluding ortho intramolecular Hbond substituents is 1. The molecule has 2 rings (SSSR count). The van der Waals surface area contributed by atoms with Crippen LogP contribution in [-0.4, -0.2) is 35.5 Å². The standard InChI is InChI=1S/C15H21IN2O2/c1-10-5-4-6-11(2)18(10)17-9-12-7-13(16)15(19)14(8-12)20-3/h7-11,19H,4-6H2,1-3H3/b17-9+/t10-,11-/m0/s1. The number of aromatic hydroxyl groups is 1. The van der Waals surface area contributed by atoms with E-state index in [2.05, 4.69) is 46.5 Å². The molecule has 1 aromatic rings. The van der Waals surface area contributed by atoms with Gasteiger partial charge in [-0.1, -0.05) is 0 Å². The average molecular weight is 388 g/mol. The van der Waals surface area contributed by atoms with Crippen LogP contribution in [0.3, 0.4) is 0 Å². The fourth-order valence-electron chi connectivity index (χ4n) is 2.59. The van der Waals surface area contributed by atoms with Gasteiger partial charge in [0.2, 0.25) is 0 Å². The van der Waals surface area contributed by atoms with Crippen LogP contribution in [0.15, 0.2) is 17.2 Å². The molecule has 20 heavy (non-hydrogen) atoms. The number of hydrogen-bond acceptors (Lipinski definition) is 4. The Morgan fingerprint density at radius 3 is 2.60 bits per heavy atom. The topological polar surface area (TPSA) is 45.1 Å². The minimum absolute atomic E-state index is 0.185. The smallest absolute Gasteiger partial charge is 0.171 e. The Hall–Kier alpha value is -0.980. The monoisotopic (exact) mass is 388 g/mol. The fraction of sp³-hybridized carbons (Fsp3) is 0.533. The molecule has 1 aromatic carbocycles. The SMILES string of the molecule is COc1cc(/C=N/N2[C@@H](C)CCC[C@@H]2C)cc(I)c1O. The van der Waals surface area contributed by atoms with E-state index in [4.69, 9.17) is 4.74 Å². The molecule has 4 nitrogen and oxygen atoms in total. The number of benzene rings is 1. The number of methoxy groups -OCH3 is 1. The third kappa shape index (κ3) is 3.37. The van der Waals surface area contributed by atoms with Crippen molar-refractivity contribution in [3.05, 3.63) is 21.3 Å². The maximum Gasteiger partial charge on any atom is 0.171 e. The zero-order valence-electron chi connectivity index (χ0n) is 12.1. The molecule has 1 aliphatic heterocycles. The van der Waals surface area contributed by atoms with Crippen LogP contribution in [0.2, 0.25) is 0 Å². The summed E-state index contributed by atoms with van der Waals surface area (Å²) >= 11 is 2.10. The summed E-state index contributed by atoms with van der Waals surface area (Å²) in [5.74, 6) is 0.669. The number of hydrogen-bond donors (Lipinski definition) is 1. The normalized spacial score (nSPS) is 23.3. The summed E-state index contributed by atoms with van der Waals surface area (Å²) in [7, 11) is 1.56. The van der Waals surface area contributed by atoms with E-state index in [0.717, 1.165) is 9.13 Å². The summed E-state index contributed by atoms with van der Waals surface area (Å²) < 4.78 is 5.94. The van der Waals surface area contributed by atoms with Gasteiger partial charge < -0.3 is 9.84 Å². The molecule has 110 valence electrons. The highest BCUT2D eigenvalue weighted by atomic mass is 127. The van der Waals surface area contributed by atoms with Gasteiger partial charge in [-0.2, -0.15) is 5.10 Å². The number of piperidine rings is 1. The summed E-state index contributed by atoms with van der Waals surface area (Å²) in [6.07, 6.45) is 5.51. The second kappa shape index (κ2) is 6.65. The Balaban J connectivity index is 2.20. The average Bonchev–Trinajstić information content (AvgIpc) is 2.42. The van der Waals surface area contributed by atoms with Gasteiger partial charge in [0.15, 0.2) is 11.5 Å². The molecule has 0 saturated carbocycles. The first-order chi connectivity index (χ1) is 9.52. The van der Waals surface area contributed by atoms with Crippen molar-refractivity contribution >= 4 is 28.8 Å². The molecule has 1 heterocycles. The minimum atomic E-state index is 0.185. The number of phenols is 1. The van der Waals surface area contributed by atoms with E-state index < -0.39 is 0 Å². The molecule has 0 radical (unpaired) electrons. The van der Waals surface area contributed by atoms with Crippen LogP contribution in [-0.2, 0) is 0 Å². The summed E-state index contributed by atoms with van der Waals surface area (Å²) in [6, 6.07) is 4.67. The van der Waals surface area contributed by atoms with Crippen molar-refractivity contribution in [3.63, 3.8) is 0 Å². The highest BCUT2D eigenvalue weighted by Crippen LogP contribution is 2.32. The third-order valence-corrected chi connectivity index (χ3v) is 4.58. The van der Waals surface area contributed by atoms with Crippen molar-refractivity contribution in [1.82, 2.24) is 5.01 Å². The Morgan fingerprint density at radius 2 is 2.00 bits per heavy atom. The third-order valence-electron chi connectivity index (χ3n) is 3.76. The second-order valence-electron chi connectivity index (χ2n) is 5.31. The molecule has 0 aliphatic carbocycles. The number of halogens is 1. The van der Waals surface area contributed by atoms with Crippen LogP contribution in [0.4, 0.5) is 0 Å². The molecule has 0 bridgehead atoms. The van der Waals surface area contributed by atoms with Gasteiger partial charge in [-0.3, -0.25) is 5.01 Å². The Bertz CT molecular complexity index is 495. The number of ether oxygens (including phenoxy) is 1. The van der Waals surface area contributed by atoms with Crippen molar-refractivity contribution in [2.75, 3.05) is 7.11 Å². The van der Waals surface area contributed by atoms with Gasteiger partial charge in [-0.05, 0) is 73.4 Å². The van der Waals surface area contributed by atoms with E-state index in [0.29, 0.717) is 17.8 Å². The summed E-state index contributed by atoms with van der Waals surface area (Å²) in [6.45, 7) is 4.43. The first kappa shape index (κ1) is 15.4. The van der Waals surface area contributed by atoms with Crippen LogP contribution in [0, 0.1) is 3.57 Å². The van der Waals surface area contributed by atoms with Crippen LogP contribution < -0.4 is 4.74 Å². The van der Waals surface area contributed by atoms with Crippen molar-refractivity contribution in [2.45, 2.75) is 45.2 Å². The second-order valence-corrected chi connectivity index (χ2v) is 6.47. The highest BCUT2D eigenvalue weighted by molar-refractivity contribution is 14.1. The van der Waals surface area contributed by atoms with Crippen LogP contribution >= 0.6 is 22.6 Å². The first-order valence-electron chi connectivity index (χ1n) is 6.91.